The molecule has 1 aliphatic carbocycles. The van der Waals surface area contributed by atoms with Gasteiger partial charge >= 0.3 is 11.9 Å². The molecule has 1 fully saturated rings. The number of anilines is 1. The highest BCUT2D eigenvalue weighted by Crippen LogP contribution is 2.33. The maximum Gasteiger partial charge on any atom is 0.340 e. The smallest absolute Gasteiger partial charge is 0.340 e. The van der Waals surface area contributed by atoms with E-state index in [2.05, 4.69) is 5.32 Å². The Labute approximate surface area is 132 Å². The van der Waals surface area contributed by atoms with Crippen molar-refractivity contribution in [1.29, 1.82) is 0 Å². The number of hydrogen-bond acceptors (Lipinski definition) is 5. The van der Waals surface area contributed by atoms with E-state index >= 15 is 0 Å². The minimum absolute atomic E-state index is 0.307. The van der Waals surface area contributed by atoms with Gasteiger partial charge in [0.15, 0.2) is 0 Å². The number of hydrogen-bond donors (Lipinski definition) is 2. The molecule has 1 saturated carbocycles. The molecule has 0 unspecified atom stereocenters. The van der Waals surface area contributed by atoms with E-state index < -0.39 is 23.8 Å². The minimum atomic E-state index is -0.935. The first-order valence-electron chi connectivity index (χ1n) is 7.16. The van der Waals surface area contributed by atoms with Gasteiger partial charge in [-0.2, -0.15) is 0 Å². The fourth-order valence-corrected chi connectivity index (χ4v) is 3.72. The van der Waals surface area contributed by atoms with E-state index in [1.807, 2.05) is 6.92 Å². The van der Waals surface area contributed by atoms with Crippen molar-refractivity contribution >= 4 is 34.2 Å². The van der Waals surface area contributed by atoms with Crippen molar-refractivity contribution in [2.45, 2.75) is 32.6 Å². The Hall–Kier alpha value is -1.89. The minimum Gasteiger partial charge on any atom is -0.481 e. The molecule has 1 aromatic rings. The molecule has 1 amide bonds. The molecule has 22 heavy (non-hydrogen) atoms. The second kappa shape index (κ2) is 6.91. The Balaban J connectivity index is 2.17. The lowest BCUT2D eigenvalue weighted by molar-refractivity contribution is -0.147. The highest BCUT2D eigenvalue weighted by atomic mass is 32.1. The first kappa shape index (κ1) is 16.5. The predicted molar refractivity (Wildman–Crippen MR) is 82.1 cm³/mol. The number of carbonyl (C=O) groups is 3. The van der Waals surface area contributed by atoms with E-state index in [9.17, 15) is 19.5 Å². The zero-order valence-corrected chi connectivity index (χ0v) is 13.4. The molecular formula is C15H19NO5S. The number of amides is 1. The Bertz CT molecular complexity index is 595. The molecule has 1 heterocycles. The number of aliphatic carboxylic acids is 1. The third-order valence-electron chi connectivity index (χ3n) is 3.92. The molecule has 2 N–H and O–H groups in total. The molecule has 2 rings (SSSR count). The number of aryl methyl sites for hydroxylation is 1. The summed E-state index contributed by atoms with van der Waals surface area (Å²) in [6.07, 6.45) is 2.74. The Morgan fingerprint density at radius 2 is 1.91 bits per heavy atom. The number of esters is 1. The lowest BCUT2D eigenvalue weighted by Crippen LogP contribution is -2.36. The first-order valence-corrected chi connectivity index (χ1v) is 7.98. The van der Waals surface area contributed by atoms with Crippen LogP contribution >= 0.6 is 11.3 Å². The van der Waals surface area contributed by atoms with Gasteiger partial charge in [0.25, 0.3) is 0 Å². The lowest BCUT2D eigenvalue weighted by atomic mass is 9.79. The van der Waals surface area contributed by atoms with Gasteiger partial charge in [-0.25, -0.2) is 4.79 Å². The first-order chi connectivity index (χ1) is 10.4. The second-order valence-electron chi connectivity index (χ2n) is 5.42. The van der Waals surface area contributed by atoms with Crippen molar-refractivity contribution < 1.29 is 24.2 Å². The normalized spacial score (nSPS) is 21.2. The predicted octanol–water partition coefficient (Wildman–Crippen LogP) is 2.67. The average molecular weight is 325 g/mol. The van der Waals surface area contributed by atoms with Crippen LogP contribution in [0, 0.1) is 18.8 Å². The van der Waals surface area contributed by atoms with E-state index in [0.29, 0.717) is 23.4 Å². The summed E-state index contributed by atoms with van der Waals surface area (Å²) in [5, 5.41) is 12.4. The van der Waals surface area contributed by atoms with Crippen molar-refractivity contribution in [3.63, 3.8) is 0 Å². The van der Waals surface area contributed by atoms with Crippen LogP contribution in [-0.2, 0) is 14.3 Å². The van der Waals surface area contributed by atoms with Crippen LogP contribution in [0.1, 0.15) is 40.9 Å². The number of carbonyl (C=O) groups excluding carboxylic acids is 2. The van der Waals surface area contributed by atoms with E-state index in [1.165, 1.54) is 18.4 Å². The van der Waals surface area contributed by atoms with Gasteiger partial charge in [0.1, 0.15) is 5.00 Å². The Morgan fingerprint density at radius 3 is 2.50 bits per heavy atom. The van der Waals surface area contributed by atoms with Crippen LogP contribution in [0.4, 0.5) is 5.00 Å². The van der Waals surface area contributed by atoms with Crippen LogP contribution < -0.4 is 5.32 Å². The lowest BCUT2D eigenvalue weighted by Gasteiger charge is -2.27. The molecule has 6 nitrogen and oxygen atoms in total. The number of ether oxygens (including phenoxy) is 1. The van der Waals surface area contributed by atoms with E-state index in [4.69, 9.17) is 4.74 Å². The molecule has 0 radical (unpaired) electrons. The Kier molecular flexibility index (Phi) is 5.18. The number of carboxylic acids is 1. The highest BCUT2D eigenvalue weighted by Gasteiger charge is 2.36. The topological polar surface area (TPSA) is 92.7 Å². The highest BCUT2D eigenvalue weighted by molar-refractivity contribution is 7.16. The molecule has 1 aromatic heterocycles. The van der Waals surface area contributed by atoms with Crippen LogP contribution in [0.25, 0.3) is 0 Å². The number of carboxylic acid groups (broad SMARTS) is 1. The maximum absolute atomic E-state index is 12.4. The second-order valence-corrected chi connectivity index (χ2v) is 6.67. The quantitative estimate of drug-likeness (QED) is 0.830. The molecule has 0 bridgehead atoms. The van der Waals surface area contributed by atoms with Gasteiger partial charge in [-0.15, -0.1) is 11.3 Å². The van der Waals surface area contributed by atoms with Crippen LogP contribution in [-0.4, -0.2) is 30.1 Å². The van der Waals surface area contributed by atoms with Crippen molar-refractivity contribution in [1.82, 2.24) is 0 Å². The number of rotatable bonds is 4. The summed E-state index contributed by atoms with van der Waals surface area (Å²) in [7, 11) is 1.28. The average Bonchev–Trinajstić information content (AvgIpc) is 2.86. The molecule has 1 aliphatic rings. The van der Waals surface area contributed by atoms with Gasteiger partial charge < -0.3 is 15.2 Å². The summed E-state index contributed by atoms with van der Waals surface area (Å²) >= 11 is 1.28. The Morgan fingerprint density at radius 1 is 1.27 bits per heavy atom. The van der Waals surface area contributed by atoms with Gasteiger partial charge in [0.05, 0.1) is 24.5 Å². The molecule has 0 aromatic carbocycles. The largest absolute Gasteiger partial charge is 0.481 e. The van der Waals surface area contributed by atoms with Gasteiger partial charge in [-0.05, 0) is 25.8 Å². The fourth-order valence-electron chi connectivity index (χ4n) is 2.81. The fraction of sp³-hybridized carbons (Fsp3) is 0.533. The third-order valence-corrected chi connectivity index (χ3v) is 4.88. The maximum atomic E-state index is 12.4. The molecule has 0 spiro atoms. The SMILES string of the molecule is COC(=O)c1cc(C)sc1NC(=O)[C@@H]1CCCC[C@@H]1C(=O)O. The van der Waals surface area contributed by atoms with Crippen LogP contribution in [0.5, 0.6) is 0 Å². The van der Waals surface area contributed by atoms with Crippen molar-refractivity contribution in [2.75, 3.05) is 12.4 Å². The molecule has 120 valence electrons. The van der Waals surface area contributed by atoms with E-state index in [-0.39, 0.29) is 5.91 Å². The molecule has 0 saturated heterocycles. The molecule has 7 heteroatoms. The zero-order valence-electron chi connectivity index (χ0n) is 12.5. The van der Waals surface area contributed by atoms with E-state index in [0.717, 1.165) is 17.7 Å². The van der Waals surface area contributed by atoms with Crippen molar-refractivity contribution in [3.8, 4) is 0 Å². The summed E-state index contributed by atoms with van der Waals surface area (Å²) in [6.45, 7) is 1.83. The number of methoxy groups -OCH3 is 1. The molecule has 0 aliphatic heterocycles. The number of nitrogens with one attached hydrogen (secondary N) is 1. The van der Waals surface area contributed by atoms with Crippen LogP contribution in [0.2, 0.25) is 0 Å². The van der Waals surface area contributed by atoms with E-state index in [1.54, 1.807) is 6.07 Å². The summed E-state index contributed by atoms with van der Waals surface area (Å²) in [4.78, 5) is 36.3. The van der Waals surface area contributed by atoms with Crippen LogP contribution in [0.15, 0.2) is 6.07 Å². The monoisotopic (exact) mass is 325 g/mol. The summed E-state index contributed by atoms with van der Waals surface area (Å²) in [5.41, 5.74) is 0.307. The van der Waals surface area contributed by atoms with Gasteiger partial charge in [0.2, 0.25) is 5.91 Å². The summed E-state index contributed by atoms with van der Waals surface area (Å²) < 4.78 is 4.70. The van der Waals surface area contributed by atoms with Crippen molar-refractivity contribution in [3.05, 3.63) is 16.5 Å². The van der Waals surface area contributed by atoms with Gasteiger partial charge in [0, 0.05) is 4.88 Å². The third kappa shape index (κ3) is 3.47. The number of thiophene rings is 1. The van der Waals surface area contributed by atoms with Crippen molar-refractivity contribution in [2.24, 2.45) is 11.8 Å². The van der Waals surface area contributed by atoms with Crippen LogP contribution in [0.3, 0.4) is 0 Å². The standard InChI is InChI=1S/C15H19NO5S/c1-8-7-11(15(20)21-2)13(22-8)16-12(17)9-5-3-4-6-10(9)14(18)19/h7,9-10H,3-6H2,1-2H3,(H,16,17)(H,18,19)/t9-,10+/m1/s1. The molecule has 2 atom stereocenters. The summed E-state index contributed by atoms with van der Waals surface area (Å²) in [6, 6.07) is 1.65. The van der Waals surface area contributed by atoms with Gasteiger partial charge in [-0.1, -0.05) is 12.8 Å². The summed E-state index contributed by atoms with van der Waals surface area (Å²) in [5.74, 6) is -3.00. The zero-order chi connectivity index (χ0) is 16.3. The van der Waals surface area contributed by atoms with Gasteiger partial charge in [-0.3, -0.25) is 9.59 Å². The molecular weight excluding hydrogens is 306 g/mol.